The molecule has 11 nitrogen and oxygen atoms in total. The number of nitrogens with one attached hydrogen (secondary N) is 4. The first-order valence-electron chi connectivity index (χ1n) is 13.1. The Kier molecular flexibility index (Phi) is 9.12. The molecule has 214 valence electrons. The van der Waals surface area contributed by atoms with Gasteiger partial charge in [0.25, 0.3) is 11.8 Å². The van der Waals surface area contributed by atoms with Crippen molar-refractivity contribution in [2.75, 3.05) is 30.0 Å². The molecule has 2 aromatic carbocycles. The SMILES string of the molecule is COc1ccc(NC(=O)CCCCCNC(=O)c2c(C)[nH]c(C=NN=C3C(=O)Nc4ccc(F)cc43)c2C)c(N)c1. The van der Waals surface area contributed by atoms with Crippen molar-refractivity contribution in [3.05, 3.63) is 70.3 Å². The summed E-state index contributed by atoms with van der Waals surface area (Å²) in [6, 6.07) is 9.02. The number of H-pyrrole nitrogens is 1. The van der Waals surface area contributed by atoms with Crippen molar-refractivity contribution >= 4 is 46.7 Å². The molecule has 1 aliphatic rings. The number of ether oxygens (including phenoxy) is 1. The van der Waals surface area contributed by atoms with Gasteiger partial charge in [-0.25, -0.2) is 4.39 Å². The molecular weight excluding hydrogens is 529 g/mol. The largest absolute Gasteiger partial charge is 0.497 e. The second-order valence-corrected chi connectivity index (χ2v) is 9.57. The molecule has 0 radical (unpaired) electrons. The monoisotopic (exact) mass is 561 g/mol. The molecule has 0 bridgehead atoms. The number of rotatable bonds is 11. The summed E-state index contributed by atoms with van der Waals surface area (Å²) in [7, 11) is 1.55. The lowest BCUT2D eigenvalue weighted by Gasteiger charge is -2.10. The highest BCUT2D eigenvalue weighted by Gasteiger charge is 2.26. The van der Waals surface area contributed by atoms with E-state index < -0.39 is 11.7 Å². The third-order valence-electron chi connectivity index (χ3n) is 6.65. The first-order valence-corrected chi connectivity index (χ1v) is 13.1. The molecule has 0 saturated heterocycles. The van der Waals surface area contributed by atoms with Crippen LogP contribution in [0.3, 0.4) is 0 Å². The minimum atomic E-state index is -0.482. The zero-order valence-corrected chi connectivity index (χ0v) is 23.1. The predicted molar refractivity (Wildman–Crippen MR) is 156 cm³/mol. The van der Waals surface area contributed by atoms with Gasteiger partial charge in [0.1, 0.15) is 11.6 Å². The average molecular weight is 562 g/mol. The molecule has 0 unspecified atom stereocenters. The highest BCUT2D eigenvalue weighted by atomic mass is 19.1. The van der Waals surface area contributed by atoms with Crippen LogP contribution in [0.1, 0.15) is 58.6 Å². The van der Waals surface area contributed by atoms with Gasteiger partial charge in [-0.1, -0.05) is 6.42 Å². The minimum absolute atomic E-state index is 0.0111. The van der Waals surface area contributed by atoms with Crippen LogP contribution in [-0.4, -0.2) is 48.3 Å². The number of unbranched alkanes of at least 4 members (excludes halogenated alkanes) is 2. The Labute approximate surface area is 236 Å². The number of methoxy groups -OCH3 is 1. The number of carbonyl (C=O) groups excluding carboxylic acids is 3. The Balaban J connectivity index is 1.24. The molecule has 2 heterocycles. The molecule has 3 aromatic rings. The van der Waals surface area contributed by atoms with Gasteiger partial charge in [0.05, 0.1) is 41.6 Å². The molecule has 0 spiro atoms. The lowest BCUT2D eigenvalue weighted by molar-refractivity contribution is -0.116. The summed E-state index contributed by atoms with van der Waals surface area (Å²) in [6.07, 6.45) is 3.89. The summed E-state index contributed by atoms with van der Waals surface area (Å²) in [5.41, 5.74) is 10.1. The van der Waals surface area contributed by atoms with Crippen LogP contribution in [0.5, 0.6) is 5.75 Å². The Morgan fingerprint density at radius 2 is 1.93 bits per heavy atom. The number of hydrogen-bond donors (Lipinski definition) is 5. The second kappa shape index (κ2) is 12.9. The van der Waals surface area contributed by atoms with Crippen LogP contribution in [-0.2, 0) is 9.59 Å². The maximum absolute atomic E-state index is 13.6. The van der Waals surface area contributed by atoms with Crippen molar-refractivity contribution < 1.29 is 23.5 Å². The number of fused-ring (bicyclic) bond motifs is 1. The molecule has 0 aliphatic carbocycles. The van der Waals surface area contributed by atoms with Crippen LogP contribution in [0.25, 0.3) is 0 Å². The van der Waals surface area contributed by atoms with Crippen LogP contribution >= 0.6 is 0 Å². The summed E-state index contributed by atoms with van der Waals surface area (Å²) >= 11 is 0. The van der Waals surface area contributed by atoms with Crippen LogP contribution in [0.15, 0.2) is 46.6 Å². The quantitative estimate of drug-likeness (QED) is 0.103. The smallest absolute Gasteiger partial charge is 0.276 e. The summed E-state index contributed by atoms with van der Waals surface area (Å²) in [4.78, 5) is 40.4. The summed E-state index contributed by atoms with van der Waals surface area (Å²) < 4.78 is 18.7. The number of aromatic amines is 1. The number of amides is 3. The average Bonchev–Trinajstić information content (AvgIpc) is 3.40. The Morgan fingerprint density at radius 1 is 1.12 bits per heavy atom. The van der Waals surface area contributed by atoms with Gasteiger partial charge in [0, 0.05) is 30.3 Å². The Hall–Kier alpha value is -5.00. The van der Waals surface area contributed by atoms with Crippen LogP contribution in [0.2, 0.25) is 0 Å². The molecule has 4 rings (SSSR count). The number of anilines is 3. The first-order chi connectivity index (χ1) is 19.7. The number of nitrogen functional groups attached to an aromatic ring is 1. The van der Waals surface area contributed by atoms with Gasteiger partial charge in [-0.05, 0) is 62.6 Å². The topological polar surface area (TPSA) is 163 Å². The van der Waals surface area contributed by atoms with E-state index in [9.17, 15) is 18.8 Å². The van der Waals surface area contributed by atoms with E-state index in [0.29, 0.717) is 76.7 Å². The fraction of sp³-hybridized carbons (Fsp3) is 0.276. The minimum Gasteiger partial charge on any atom is -0.497 e. The Bertz CT molecular complexity index is 1540. The number of benzene rings is 2. The van der Waals surface area contributed by atoms with Gasteiger partial charge in [-0.15, -0.1) is 5.10 Å². The van der Waals surface area contributed by atoms with E-state index in [4.69, 9.17) is 10.5 Å². The van der Waals surface area contributed by atoms with Crippen molar-refractivity contribution in [2.45, 2.75) is 39.5 Å². The zero-order chi connectivity index (χ0) is 29.5. The van der Waals surface area contributed by atoms with Crippen molar-refractivity contribution in [3.63, 3.8) is 0 Å². The molecule has 12 heteroatoms. The van der Waals surface area contributed by atoms with Crippen molar-refractivity contribution in [1.29, 1.82) is 0 Å². The molecule has 3 amide bonds. The third kappa shape index (κ3) is 6.96. The van der Waals surface area contributed by atoms with Gasteiger partial charge >= 0.3 is 0 Å². The summed E-state index contributed by atoms with van der Waals surface area (Å²) in [5.74, 6) is -0.691. The van der Waals surface area contributed by atoms with Crippen molar-refractivity contribution in [3.8, 4) is 5.75 Å². The Morgan fingerprint density at radius 3 is 2.68 bits per heavy atom. The normalized spacial score (nSPS) is 13.4. The number of halogens is 1. The molecule has 6 N–H and O–H groups in total. The molecule has 0 atom stereocenters. The van der Waals surface area contributed by atoms with Crippen molar-refractivity contribution in [1.82, 2.24) is 10.3 Å². The number of nitrogens with two attached hydrogens (primary N) is 1. The van der Waals surface area contributed by atoms with Gasteiger partial charge in [-0.2, -0.15) is 5.10 Å². The predicted octanol–water partition coefficient (Wildman–Crippen LogP) is 4.07. The molecule has 0 saturated carbocycles. The molecule has 0 fully saturated rings. The number of nitrogens with zero attached hydrogens (tertiary/aromatic N) is 2. The third-order valence-corrected chi connectivity index (χ3v) is 6.65. The van der Waals surface area contributed by atoms with E-state index in [1.165, 1.54) is 24.4 Å². The van der Waals surface area contributed by atoms with Gasteiger partial charge in [-0.3, -0.25) is 14.4 Å². The van der Waals surface area contributed by atoms with E-state index in [-0.39, 0.29) is 17.5 Å². The van der Waals surface area contributed by atoms with Gasteiger partial charge < -0.3 is 31.4 Å². The maximum Gasteiger partial charge on any atom is 0.276 e. The first kappa shape index (κ1) is 29.0. The van der Waals surface area contributed by atoms with E-state index in [1.807, 2.05) is 0 Å². The second-order valence-electron chi connectivity index (χ2n) is 9.57. The van der Waals surface area contributed by atoms with Gasteiger partial charge in [0.2, 0.25) is 5.91 Å². The van der Waals surface area contributed by atoms with E-state index >= 15 is 0 Å². The van der Waals surface area contributed by atoms with E-state index in [2.05, 4.69) is 31.1 Å². The van der Waals surface area contributed by atoms with E-state index in [0.717, 1.165) is 6.42 Å². The maximum atomic E-state index is 13.6. The van der Waals surface area contributed by atoms with E-state index in [1.54, 1.807) is 39.2 Å². The summed E-state index contributed by atoms with van der Waals surface area (Å²) in [6.45, 7) is 4.02. The lowest BCUT2D eigenvalue weighted by Crippen LogP contribution is -2.25. The van der Waals surface area contributed by atoms with Crippen LogP contribution in [0, 0.1) is 19.7 Å². The van der Waals surface area contributed by atoms with Crippen molar-refractivity contribution in [2.24, 2.45) is 10.2 Å². The number of carbonyl (C=O) groups is 3. The fourth-order valence-corrected chi connectivity index (χ4v) is 4.48. The number of hydrogen-bond acceptors (Lipinski definition) is 7. The molecule has 1 aromatic heterocycles. The number of aryl methyl sites for hydroxylation is 1. The van der Waals surface area contributed by atoms with Crippen LogP contribution in [0.4, 0.5) is 21.5 Å². The number of aromatic nitrogens is 1. The zero-order valence-electron chi connectivity index (χ0n) is 23.1. The standard InChI is InChI=1S/C29H32FN7O4/c1-16-24(15-33-37-27-20-13-18(30)8-10-22(20)36-29(27)40)34-17(2)26(16)28(39)32-12-6-4-5-7-25(38)35-23-11-9-19(41-3)14-21(23)31/h8-11,13-15,34H,4-7,12,31H2,1-3H3,(H,32,39)(H,35,38)(H,36,37,40). The van der Waals surface area contributed by atoms with Crippen LogP contribution < -0.4 is 26.4 Å². The summed E-state index contributed by atoms with van der Waals surface area (Å²) in [5, 5.41) is 16.3. The molecular formula is C29H32FN7O4. The molecule has 1 aliphatic heterocycles. The van der Waals surface area contributed by atoms with Gasteiger partial charge in [0.15, 0.2) is 5.71 Å². The molecule has 41 heavy (non-hydrogen) atoms. The highest BCUT2D eigenvalue weighted by molar-refractivity contribution is 6.53. The highest BCUT2D eigenvalue weighted by Crippen LogP contribution is 2.25. The lowest BCUT2D eigenvalue weighted by atomic mass is 10.1. The fourth-order valence-electron chi connectivity index (χ4n) is 4.48.